The third kappa shape index (κ3) is 3.79. The molecule has 102 valence electrons. The minimum absolute atomic E-state index is 0.0164. The molecule has 19 heavy (non-hydrogen) atoms. The van der Waals surface area contributed by atoms with Gasteiger partial charge in [-0.15, -0.1) is 0 Å². The Hall–Kier alpha value is -1.88. The van der Waals surface area contributed by atoms with Crippen LogP contribution in [0, 0.1) is 0 Å². The summed E-state index contributed by atoms with van der Waals surface area (Å²) in [4.78, 5) is 24.1. The molecule has 2 rings (SSSR count). The summed E-state index contributed by atoms with van der Waals surface area (Å²) in [7, 11) is 0. The minimum Gasteiger partial charge on any atom is -0.493 e. The molecule has 0 saturated carbocycles. The van der Waals surface area contributed by atoms with Crippen LogP contribution in [0.1, 0.15) is 16.8 Å². The lowest BCUT2D eigenvalue weighted by atomic mass is 10.2. The first-order valence-electron chi connectivity index (χ1n) is 6.35. The SMILES string of the molecule is O=CCCOc1ccc(C(=O)N2CCOCC2)cc1. The number of carbonyl (C=O) groups is 2. The average molecular weight is 263 g/mol. The molecule has 0 aromatic heterocycles. The molecular weight excluding hydrogens is 246 g/mol. The van der Waals surface area contributed by atoms with Crippen molar-refractivity contribution in [2.45, 2.75) is 6.42 Å². The van der Waals surface area contributed by atoms with E-state index in [-0.39, 0.29) is 5.91 Å². The van der Waals surface area contributed by atoms with Gasteiger partial charge in [0, 0.05) is 25.1 Å². The van der Waals surface area contributed by atoms with Gasteiger partial charge in [0.2, 0.25) is 0 Å². The van der Waals surface area contributed by atoms with Gasteiger partial charge < -0.3 is 19.2 Å². The second-order valence-corrected chi connectivity index (χ2v) is 4.23. The zero-order chi connectivity index (χ0) is 13.5. The summed E-state index contributed by atoms with van der Waals surface area (Å²) < 4.78 is 10.6. The van der Waals surface area contributed by atoms with Gasteiger partial charge in [0.1, 0.15) is 12.0 Å². The monoisotopic (exact) mass is 263 g/mol. The molecule has 1 saturated heterocycles. The van der Waals surface area contributed by atoms with Gasteiger partial charge in [0.05, 0.1) is 19.8 Å². The van der Waals surface area contributed by atoms with Crippen LogP contribution in [0.15, 0.2) is 24.3 Å². The Bertz CT molecular complexity index is 424. The van der Waals surface area contributed by atoms with Gasteiger partial charge in [-0.25, -0.2) is 0 Å². The number of amides is 1. The average Bonchev–Trinajstić information content (AvgIpc) is 2.48. The fraction of sp³-hybridized carbons (Fsp3) is 0.429. The quantitative estimate of drug-likeness (QED) is 0.590. The summed E-state index contributed by atoms with van der Waals surface area (Å²) in [5.41, 5.74) is 0.643. The van der Waals surface area contributed by atoms with Crippen molar-refractivity contribution in [3.8, 4) is 5.75 Å². The lowest BCUT2D eigenvalue weighted by Crippen LogP contribution is -2.40. The Morgan fingerprint density at radius 2 is 1.95 bits per heavy atom. The Balaban J connectivity index is 1.93. The van der Waals surface area contributed by atoms with E-state index >= 15 is 0 Å². The van der Waals surface area contributed by atoms with Gasteiger partial charge in [-0.05, 0) is 24.3 Å². The first-order chi connectivity index (χ1) is 9.31. The number of rotatable bonds is 5. The number of benzene rings is 1. The molecule has 0 N–H and O–H groups in total. The molecule has 1 aliphatic heterocycles. The molecule has 0 bridgehead atoms. The number of hydrogen-bond donors (Lipinski definition) is 0. The van der Waals surface area contributed by atoms with Crippen molar-refractivity contribution in [3.05, 3.63) is 29.8 Å². The van der Waals surface area contributed by atoms with Crippen molar-refractivity contribution in [1.29, 1.82) is 0 Å². The summed E-state index contributed by atoms with van der Waals surface area (Å²) in [6.07, 6.45) is 1.19. The molecule has 5 heteroatoms. The van der Waals surface area contributed by atoms with Crippen molar-refractivity contribution in [2.24, 2.45) is 0 Å². The fourth-order valence-electron chi connectivity index (χ4n) is 1.87. The number of ether oxygens (including phenoxy) is 2. The van der Waals surface area contributed by atoms with Crippen LogP contribution in [0.5, 0.6) is 5.75 Å². The van der Waals surface area contributed by atoms with Crippen molar-refractivity contribution >= 4 is 12.2 Å². The second kappa shape index (κ2) is 6.89. The zero-order valence-corrected chi connectivity index (χ0v) is 10.7. The fourth-order valence-corrected chi connectivity index (χ4v) is 1.87. The van der Waals surface area contributed by atoms with Gasteiger partial charge in [-0.1, -0.05) is 0 Å². The lowest BCUT2D eigenvalue weighted by molar-refractivity contribution is -0.108. The van der Waals surface area contributed by atoms with Crippen LogP contribution >= 0.6 is 0 Å². The smallest absolute Gasteiger partial charge is 0.254 e. The van der Waals surface area contributed by atoms with E-state index in [0.29, 0.717) is 50.6 Å². The Morgan fingerprint density at radius 3 is 2.58 bits per heavy atom. The largest absolute Gasteiger partial charge is 0.493 e. The molecule has 0 radical (unpaired) electrons. The molecular formula is C14H17NO4. The van der Waals surface area contributed by atoms with E-state index in [2.05, 4.69) is 0 Å². The molecule has 0 aliphatic carbocycles. The van der Waals surface area contributed by atoms with E-state index < -0.39 is 0 Å². The van der Waals surface area contributed by atoms with E-state index in [0.717, 1.165) is 6.29 Å². The molecule has 1 aromatic carbocycles. The van der Waals surface area contributed by atoms with Gasteiger partial charge in [-0.3, -0.25) is 4.79 Å². The third-order valence-electron chi connectivity index (χ3n) is 2.90. The minimum atomic E-state index is 0.0164. The highest BCUT2D eigenvalue weighted by molar-refractivity contribution is 5.94. The lowest BCUT2D eigenvalue weighted by Gasteiger charge is -2.26. The number of aldehydes is 1. The first kappa shape index (κ1) is 13.5. The van der Waals surface area contributed by atoms with Gasteiger partial charge in [0.25, 0.3) is 5.91 Å². The van der Waals surface area contributed by atoms with Crippen LogP contribution in [-0.4, -0.2) is 50.0 Å². The van der Waals surface area contributed by atoms with Crippen LogP contribution in [0.3, 0.4) is 0 Å². The first-order valence-corrected chi connectivity index (χ1v) is 6.35. The Labute approximate surface area is 112 Å². The topological polar surface area (TPSA) is 55.8 Å². The van der Waals surface area contributed by atoms with Gasteiger partial charge in [-0.2, -0.15) is 0 Å². The molecule has 5 nitrogen and oxygen atoms in total. The number of hydrogen-bond acceptors (Lipinski definition) is 4. The summed E-state index contributed by atoms with van der Waals surface area (Å²) >= 11 is 0. The van der Waals surface area contributed by atoms with Crippen LogP contribution in [-0.2, 0) is 9.53 Å². The maximum Gasteiger partial charge on any atom is 0.254 e. The molecule has 1 heterocycles. The predicted octanol–water partition coefficient (Wildman–Crippen LogP) is 1.13. The predicted molar refractivity (Wildman–Crippen MR) is 69.3 cm³/mol. The van der Waals surface area contributed by atoms with E-state index in [9.17, 15) is 9.59 Å². The number of morpholine rings is 1. The highest BCUT2D eigenvalue weighted by Gasteiger charge is 2.18. The van der Waals surface area contributed by atoms with Crippen LogP contribution in [0.2, 0.25) is 0 Å². The summed E-state index contributed by atoms with van der Waals surface area (Å²) in [5, 5.41) is 0. The molecule has 1 fully saturated rings. The highest BCUT2D eigenvalue weighted by Crippen LogP contribution is 2.14. The van der Waals surface area contributed by atoms with Gasteiger partial charge in [0.15, 0.2) is 0 Å². The molecule has 0 unspecified atom stereocenters. The van der Waals surface area contributed by atoms with Crippen molar-refractivity contribution in [3.63, 3.8) is 0 Å². The van der Waals surface area contributed by atoms with Crippen LogP contribution in [0.25, 0.3) is 0 Å². The maximum absolute atomic E-state index is 12.2. The van der Waals surface area contributed by atoms with E-state index in [1.54, 1.807) is 29.2 Å². The molecule has 0 spiro atoms. The standard InChI is InChI=1S/C14H17NO4/c16-8-1-9-19-13-4-2-12(3-5-13)14(17)15-6-10-18-11-7-15/h2-5,8H,1,6-7,9-11H2. The van der Waals surface area contributed by atoms with Gasteiger partial charge >= 0.3 is 0 Å². The number of carbonyl (C=O) groups excluding carboxylic acids is 2. The second-order valence-electron chi connectivity index (χ2n) is 4.23. The van der Waals surface area contributed by atoms with E-state index in [4.69, 9.17) is 9.47 Å². The van der Waals surface area contributed by atoms with Crippen molar-refractivity contribution < 1.29 is 19.1 Å². The Morgan fingerprint density at radius 1 is 1.26 bits per heavy atom. The molecule has 1 amide bonds. The molecule has 1 aliphatic rings. The van der Waals surface area contributed by atoms with Crippen molar-refractivity contribution in [2.75, 3.05) is 32.9 Å². The van der Waals surface area contributed by atoms with Crippen LogP contribution < -0.4 is 4.74 Å². The molecule has 0 atom stereocenters. The van der Waals surface area contributed by atoms with E-state index in [1.807, 2.05) is 0 Å². The zero-order valence-electron chi connectivity index (χ0n) is 10.7. The Kier molecular flexibility index (Phi) is 4.92. The summed E-state index contributed by atoms with van der Waals surface area (Å²) in [6, 6.07) is 6.99. The maximum atomic E-state index is 12.2. The summed E-state index contributed by atoms with van der Waals surface area (Å²) in [5.74, 6) is 0.683. The normalized spacial score (nSPS) is 15.1. The number of nitrogens with zero attached hydrogens (tertiary/aromatic N) is 1. The van der Waals surface area contributed by atoms with Crippen LogP contribution in [0.4, 0.5) is 0 Å². The highest BCUT2D eigenvalue weighted by atomic mass is 16.5. The third-order valence-corrected chi connectivity index (χ3v) is 2.90. The van der Waals surface area contributed by atoms with Crippen molar-refractivity contribution in [1.82, 2.24) is 4.90 Å². The summed E-state index contributed by atoms with van der Waals surface area (Å²) in [6.45, 7) is 2.82. The molecule has 1 aromatic rings. The van der Waals surface area contributed by atoms with E-state index in [1.165, 1.54) is 0 Å².